The third-order valence-corrected chi connectivity index (χ3v) is 3.31. The van der Waals surface area contributed by atoms with Crippen molar-refractivity contribution >= 4 is 11.6 Å². The van der Waals surface area contributed by atoms with Gasteiger partial charge in [0.05, 0.1) is 6.04 Å². The van der Waals surface area contributed by atoms with Gasteiger partial charge in [-0.2, -0.15) is 0 Å². The fraction of sp³-hybridized carbons (Fsp3) is 0.333. The number of hydrogen-bond acceptors (Lipinski definition) is 4. The van der Waals surface area contributed by atoms with Crippen molar-refractivity contribution in [3.8, 4) is 0 Å². The first-order valence-electron chi connectivity index (χ1n) is 6.66. The zero-order chi connectivity index (χ0) is 14.5. The van der Waals surface area contributed by atoms with Crippen LogP contribution < -0.4 is 10.2 Å². The molecule has 0 fully saturated rings. The zero-order valence-corrected chi connectivity index (χ0v) is 12.0. The van der Waals surface area contributed by atoms with E-state index < -0.39 is 0 Å². The summed E-state index contributed by atoms with van der Waals surface area (Å²) in [6, 6.07) is 8.56. The van der Waals surface area contributed by atoms with Gasteiger partial charge in [-0.25, -0.2) is 14.4 Å². The molecule has 106 valence electrons. The largest absolute Gasteiger partial charge is 0.370 e. The molecule has 1 N–H and O–H groups in total. The van der Waals surface area contributed by atoms with Gasteiger partial charge in [-0.1, -0.05) is 18.2 Å². The Hall–Kier alpha value is -2.17. The van der Waals surface area contributed by atoms with Crippen molar-refractivity contribution in [2.24, 2.45) is 0 Å². The van der Waals surface area contributed by atoms with E-state index >= 15 is 0 Å². The number of nitrogens with one attached hydrogen (secondary N) is 1. The standard InChI is InChI=1S/C15H19FN4/c1-4-17-14-9-15(19-10-18-14)20(3)11(2)12-7-5-6-8-13(12)16/h5-11H,4H2,1-3H3,(H,17,18,19). The molecule has 1 heterocycles. The summed E-state index contributed by atoms with van der Waals surface area (Å²) >= 11 is 0. The summed E-state index contributed by atoms with van der Waals surface area (Å²) in [5.41, 5.74) is 0.651. The van der Waals surface area contributed by atoms with Crippen LogP contribution in [-0.4, -0.2) is 23.6 Å². The van der Waals surface area contributed by atoms with Crippen LogP contribution in [0, 0.1) is 5.82 Å². The summed E-state index contributed by atoms with van der Waals surface area (Å²) in [5, 5.41) is 3.14. The molecule has 1 atom stereocenters. The maximum absolute atomic E-state index is 13.8. The van der Waals surface area contributed by atoms with E-state index in [1.165, 1.54) is 12.4 Å². The third-order valence-electron chi connectivity index (χ3n) is 3.31. The number of nitrogens with zero attached hydrogens (tertiary/aromatic N) is 3. The first kappa shape index (κ1) is 14.2. The van der Waals surface area contributed by atoms with Crippen LogP contribution in [-0.2, 0) is 0 Å². The van der Waals surface area contributed by atoms with Gasteiger partial charge in [-0.3, -0.25) is 0 Å². The second kappa shape index (κ2) is 6.32. The highest BCUT2D eigenvalue weighted by atomic mass is 19.1. The average molecular weight is 274 g/mol. The lowest BCUT2D eigenvalue weighted by Gasteiger charge is -2.26. The molecular formula is C15H19FN4. The first-order chi connectivity index (χ1) is 9.63. The Labute approximate surface area is 118 Å². The summed E-state index contributed by atoms with van der Waals surface area (Å²) in [7, 11) is 1.90. The fourth-order valence-electron chi connectivity index (χ4n) is 2.04. The smallest absolute Gasteiger partial charge is 0.134 e. The van der Waals surface area contributed by atoms with Gasteiger partial charge in [0, 0.05) is 25.2 Å². The van der Waals surface area contributed by atoms with Gasteiger partial charge in [0.25, 0.3) is 0 Å². The topological polar surface area (TPSA) is 41.0 Å². The molecular weight excluding hydrogens is 255 g/mol. The molecule has 0 aliphatic rings. The van der Waals surface area contributed by atoms with Gasteiger partial charge in [0.15, 0.2) is 0 Å². The van der Waals surface area contributed by atoms with Crippen molar-refractivity contribution in [3.05, 3.63) is 48.0 Å². The lowest BCUT2D eigenvalue weighted by Crippen LogP contribution is -2.23. The minimum Gasteiger partial charge on any atom is -0.370 e. The van der Waals surface area contributed by atoms with Crippen molar-refractivity contribution in [1.29, 1.82) is 0 Å². The highest BCUT2D eigenvalue weighted by molar-refractivity contribution is 5.49. The van der Waals surface area contributed by atoms with Crippen molar-refractivity contribution in [2.75, 3.05) is 23.8 Å². The van der Waals surface area contributed by atoms with E-state index in [0.29, 0.717) is 5.56 Å². The molecule has 0 amide bonds. The Morgan fingerprint density at radius 1 is 1.30 bits per heavy atom. The van der Waals surface area contributed by atoms with Crippen molar-refractivity contribution < 1.29 is 4.39 Å². The van der Waals surface area contributed by atoms with Gasteiger partial charge in [-0.05, 0) is 19.9 Å². The molecule has 2 rings (SSSR count). The van der Waals surface area contributed by atoms with Crippen molar-refractivity contribution in [1.82, 2.24) is 9.97 Å². The molecule has 0 radical (unpaired) electrons. The Morgan fingerprint density at radius 3 is 2.75 bits per heavy atom. The van der Waals surface area contributed by atoms with E-state index in [-0.39, 0.29) is 11.9 Å². The fourth-order valence-corrected chi connectivity index (χ4v) is 2.04. The predicted octanol–water partition coefficient (Wildman–Crippen LogP) is 3.24. The van der Waals surface area contributed by atoms with E-state index in [1.807, 2.05) is 37.9 Å². The molecule has 0 aliphatic carbocycles. The van der Waals surface area contributed by atoms with Gasteiger partial charge in [0.2, 0.25) is 0 Å². The SMILES string of the molecule is CCNc1cc(N(C)C(C)c2ccccc2F)ncn1. The van der Waals surface area contributed by atoms with Crippen molar-refractivity contribution in [2.45, 2.75) is 19.9 Å². The number of anilines is 2. The Bertz CT molecular complexity index is 573. The molecule has 1 aromatic carbocycles. The molecule has 0 aliphatic heterocycles. The van der Waals surface area contributed by atoms with Crippen LogP contribution >= 0.6 is 0 Å². The minimum absolute atomic E-state index is 0.111. The van der Waals surface area contributed by atoms with E-state index in [0.717, 1.165) is 18.2 Å². The lowest BCUT2D eigenvalue weighted by atomic mass is 10.1. The van der Waals surface area contributed by atoms with Crippen LogP contribution in [0.5, 0.6) is 0 Å². The van der Waals surface area contributed by atoms with E-state index in [9.17, 15) is 4.39 Å². The van der Waals surface area contributed by atoms with Gasteiger partial charge < -0.3 is 10.2 Å². The second-order valence-corrected chi connectivity index (χ2v) is 4.60. The van der Waals surface area contributed by atoms with Gasteiger partial charge in [-0.15, -0.1) is 0 Å². The summed E-state index contributed by atoms with van der Waals surface area (Å²) in [6.07, 6.45) is 1.51. The molecule has 0 saturated heterocycles. The highest BCUT2D eigenvalue weighted by Gasteiger charge is 2.17. The average Bonchev–Trinajstić information content (AvgIpc) is 2.47. The first-order valence-corrected chi connectivity index (χ1v) is 6.66. The minimum atomic E-state index is -0.201. The van der Waals surface area contributed by atoms with Crippen LogP contribution in [0.2, 0.25) is 0 Å². The monoisotopic (exact) mass is 274 g/mol. The van der Waals surface area contributed by atoms with E-state index in [1.54, 1.807) is 12.1 Å². The molecule has 1 unspecified atom stereocenters. The highest BCUT2D eigenvalue weighted by Crippen LogP contribution is 2.26. The number of halogens is 1. The molecule has 0 bridgehead atoms. The molecule has 1 aromatic heterocycles. The van der Waals surface area contributed by atoms with Crippen LogP contribution in [0.3, 0.4) is 0 Å². The molecule has 20 heavy (non-hydrogen) atoms. The Kier molecular flexibility index (Phi) is 4.50. The van der Waals surface area contributed by atoms with Crippen LogP contribution in [0.25, 0.3) is 0 Å². The Balaban J connectivity index is 2.24. The molecule has 5 heteroatoms. The summed E-state index contributed by atoms with van der Waals surface area (Å²) in [5.74, 6) is 1.32. The lowest BCUT2D eigenvalue weighted by molar-refractivity contribution is 0.584. The maximum atomic E-state index is 13.8. The normalized spacial score (nSPS) is 12.0. The van der Waals surface area contributed by atoms with Crippen LogP contribution in [0.1, 0.15) is 25.5 Å². The summed E-state index contributed by atoms with van der Waals surface area (Å²) < 4.78 is 13.8. The summed E-state index contributed by atoms with van der Waals surface area (Å²) in [6.45, 7) is 4.75. The molecule has 0 saturated carbocycles. The third kappa shape index (κ3) is 3.04. The molecule has 2 aromatic rings. The summed E-state index contributed by atoms with van der Waals surface area (Å²) in [4.78, 5) is 10.3. The molecule has 0 spiro atoms. The Morgan fingerprint density at radius 2 is 2.05 bits per heavy atom. The van der Waals surface area contributed by atoms with Crippen molar-refractivity contribution in [3.63, 3.8) is 0 Å². The number of hydrogen-bond donors (Lipinski definition) is 1. The van der Waals surface area contributed by atoms with Gasteiger partial charge in [0.1, 0.15) is 23.8 Å². The number of aromatic nitrogens is 2. The van der Waals surface area contributed by atoms with Crippen LogP contribution in [0.4, 0.5) is 16.0 Å². The van der Waals surface area contributed by atoms with E-state index in [2.05, 4.69) is 15.3 Å². The number of rotatable bonds is 5. The number of benzene rings is 1. The van der Waals surface area contributed by atoms with E-state index in [4.69, 9.17) is 0 Å². The quantitative estimate of drug-likeness (QED) is 0.908. The van der Waals surface area contributed by atoms with Crippen LogP contribution in [0.15, 0.2) is 36.7 Å². The molecule has 4 nitrogen and oxygen atoms in total. The maximum Gasteiger partial charge on any atom is 0.134 e. The van der Waals surface area contributed by atoms with Gasteiger partial charge >= 0.3 is 0 Å². The second-order valence-electron chi connectivity index (χ2n) is 4.60. The zero-order valence-electron chi connectivity index (χ0n) is 12.0. The predicted molar refractivity (Wildman–Crippen MR) is 79.4 cm³/mol.